The fraction of sp³-hybridized carbons (Fsp3) is 0.385. The zero-order chi connectivity index (χ0) is 14.5. The van der Waals surface area contributed by atoms with Crippen LogP contribution in [0.25, 0.3) is 0 Å². The molecule has 0 aromatic carbocycles. The minimum absolute atomic E-state index is 0.180. The molecule has 0 atom stereocenters. The Hall–Kier alpha value is -2.02. The molecule has 106 valence electrons. The van der Waals surface area contributed by atoms with Gasteiger partial charge in [-0.15, -0.1) is 11.3 Å². The van der Waals surface area contributed by atoms with Gasteiger partial charge in [0.05, 0.1) is 18.7 Å². The lowest BCUT2D eigenvalue weighted by molar-refractivity contribution is -0.142. The maximum atomic E-state index is 11.4. The third-order valence-corrected chi connectivity index (χ3v) is 3.19. The Bertz CT molecular complexity index is 592. The second kappa shape index (κ2) is 6.42. The van der Waals surface area contributed by atoms with Crippen LogP contribution in [0.15, 0.2) is 11.4 Å². The molecule has 0 amide bonds. The van der Waals surface area contributed by atoms with E-state index in [0.29, 0.717) is 23.4 Å². The first kappa shape index (κ1) is 14.4. The number of anilines is 2. The van der Waals surface area contributed by atoms with Gasteiger partial charge in [0.15, 0.2) is 5.13 Å². The van der Waals surface area contributed by atoms with E-state index >= 15 is 0 Å². The minimum atomic E-state index is -0.271. The predicted octanol–water partition coefficient (Wildman–Crippen LogP) is 2.40. The predicted molar refractivity (Wildman–Crippen MR) is 77.2 cm³/mol. The van der Waals surface area contributed by atoms with Crippen molar-refractivity contribution < 1.29 is 9.53 Å². The summed E-state index contributed by atoms with van der Waals surface area (Å²) in [6, 6.07) is 1.90. The van der Waals surface area contributed by atoms with Gasteiger partial charge in [-0.25, -0.2) is 15.0 Å². The number of nitrogens with zero attached hydrogens (tertiary/aromatic N) is 3. The van der Waals surface area contributed by atoms with E-state index in [9.17, 15) is 4.79 Å². The van der Waals surface area contributed by atoms with Gasteiger partial charge >= 0.3 is 5.97 Å². The van der Waals surface area contributed by atoms with Gasteiger partial charge in [0.25, 0.3) is 0 Å². The summed E-state index contributed by atoms with van der Waals surface area (Å²) in [4.78, 5) is 24.2. The van der Waals surface area contributed by atoms with Gasteiger partial charge in [0, 0.05) is 16.8 Å². The molecule has 0 saturated carbocycles. The summed E-state index contributed by atoms with van der Waals surface area (Å²) in [7, 11) is 0. The molecule has 20 heavy (non-hydrogen) atoms. The van der Waals surface area contributed by atoms with Gasteiger partial charge < -0.3 is 10.1 Å². The quantitative estimate of drug-likeness (QED) is 0.853. The van der Waals surface area contributed by atoms with Gasteiger partial charge in [-0.2, -0.15) is 0 Å². The molecule has 6 nitrogen and oxygen atoms in total. The fourth-order valence-electron chi connectivity index (χ4n) is 1.68. The summed E-state index contributed by atoms with van der Waals surface area (Å²) >= 11 is 1.41. The lowest BCUT2D eigenvalue weighted by atomic mass is 10.3. The first-order chi connectivity index (χ1) is 9.56. The summed E-state index contributed by atoms with van der Waals surface area (Å²) in [5.41, 5.74) is 2.46. The average molecular weight is 292 g/mol. The second-order valence-corrected chi connectivity index (χ2v) is 5.08. The van der Waals surface area contributed by atoms with Crippen molar-refractivity contribution in [3.8, 4) is 0 Å². The van der Waals surface area contributed by atoms with Crippen LogP contribution < -0.4 is 5.32 Å². The van der Waals surface area contributed by atoms with Crippen LogP contribution in [-0.4, -0.2) is 27.5 Å². The van der Waals surface area contributed by atoms with Gasteiger partial charge in [0.1, 0.15) is 0 Å². The molecular formula is C13H16N4O2S. The van der Waals surface area contributed by atoms with Crippen molar-refractivity contribution in [1.29, 1.82) is 0 Å². The molecule has 0 saturated heterocycles. The molecule has 1 N–H and O–H groups in total. The number of carbonyl (C=O) groups excluding carboxylic acids is 1. The Kier molecular flexibility index (Phi) is 4.62. The van der Waals surface area contributed by atoms with Crippen LogP contribution in [0, 0.1) is 13.8 Å². The van der Waals surface area contributed by atoms with Crippen molar-refractivity contribution in [1.82, 2.24) is 15.0 Å². The summed E-state index contributed by atoms with van der Waals surface area (Å²) in [5, 5.41) is 5.53. The Balaban J connectivity index is 2.03. The molecule has 2 heterocycles. The molecule has 0 unspecified atom stereocenters. The lowest BCUT2D eigenvalue weighted by Gasteiger charge is -2.03. The lowest BCUT2D eigenvalue weighted by Crippen LogP contribution is -2.07. The van der Waals surface area contributed by atoms with E-state index in [0.717, 1.165) is 11.4 Å². The molecule has 2 aromatic heterocycles. The molecule has 0 aliphatic carbocycles. The van der Waals surface area contributed by atoms with Crippen LogP contribution in [0.3, 0.4) is 0 Å². The highest BCUT2D eigenvalue weighted by Gasteiger charge is 2.09. The molecule has 2 aromatic rings. The molecule has 7 heteroatoms. The van der Waals surface area contributed by atoms with E-state index in [4.69, 9.17) is 4.74 Å². The molecule has 0 radical (unpaired) electrons. The highest BCUT2D eigenvalue weighted by Crippen LogP contribution is 2.19. The van der Waals surface area contributed by atoms with Gasteiger partial charge in [0.2, 0.25) is 5.95 Å². The van der Waals surface area contributed by atoms with Crippen molar-refractivity contribution in [2.24, 2.45) is 0 Å². The van der Waals surface area contributed by atoms with E-state index in [-0.39, 0.29) is 12.4 Å². The Morgan fingerprint density at radius 2 is 2.00 bits per heavy atom. The van der Waals surface area contributed by atoms with Gasteiger partial charge in [-0.05, 0) is 26.8 Å². The van der Waals surface area contributed by atoms with Crippen LogP contribution in [0.5, 0.6) is 0 Å². The summed E-state index contributed by atoms with van der Waals surface area (Å²) in [6.45, 7) is 5.98. The first-order valence-corrected chi connectivity index (χ1v) is 7.14. The largest absolute Gasteiger partial charge is 0.466 e. The number of rotatable bonds is 5. The number of carbonyl (C=O) groups is 1. The molecule has 0 fully saturated rings. The van der Waals surface area contributed by atoms with Crippen LogP contribution >= 0.6 is 11.3 Å². The molecule has 0 aliphatic heterocycles. The monoisotopic (exact) mass is 292 g/mol. The highest BCUT2D eigenvalue weighted by atomic mass is 32.1. The smallest absolute Gasteiger partial charge is 0.311 e. The van der Waals surface area contributed by atoms with Crippen molar-refractivity contribution in [3.63, 3.8) is 0 Å². The standard InChI is InChI=1S/C13H16N4O2S/c1-4-19-11(18)6-10-7-20-13(16-10)17-12-14-8(2)5-9(3)15-12/h5,7H,4,6H2,1-3H3,(H,14,15,16,17). The van der Waals surface area contributed by atoms with Crippen LogP contribution in [0.2, 0.25) is 0 Å². The number of thiazole rings is 1. The molecule has 0 bridgehead atoms. The number of aryl methyl sites for hydroxylation is 2. The van der Waals surface area contributed by atoms with Crippen molar-refractivity contribution >= 4 is 28.4 Å². The molecular weight excluding hydrogens is 276 g/mol. The number of esters is 1. The number of aromatic nitrogens is 3. The molecule has 0 spiro atoms. The zero-order valence-corrected chi connectivity index (χ0v) is 12.5. The van der Waals surface area contributed by atoms with Crippen molar-refractivity contribution in [2.75, 3.05) is 11.9 Å². The number of nitrogens with one attached hydrogen (secondary N) is 1. The number of ether oxygens (including phenoxy) is 1. The van der Waals surface area contributed by atoms with Crippen molar-refractivity contribution in [2.45, 2.75) is 27.2 Å². The SMILES string of the molecule is CCOC(=O)Cc1csc(Nc2nc(C)cc(C)n2)n1. The van der Waals surface area contributed by atoms with Crippen LogP contribution in [0.4, 0.5) is 11.1 Å². The first-order valence-electron chi connectivity index (χ1n) is 6.26. The average Bonchev–Trinajstić information content (AvgIpc) is 2.75. The third kappa shape index (κ3) is 3.99. The van der Waals surface area contributed by atoms with Crippen LogP contribution in [-0.2, 0) is 16.0 Å². The fourth-order valence-corrected chi connectivity index (χ4v) is 2.39. The van der Waals surface area contributed by atoms with Crippen LogP contribution in [0.1, 0.15) is 24.0 Å². The van der Waals surface area contributed by atoms with E-state index in [1.54, 1.807) is 6.92 Å². The van der Waals surface area contributed by atoms with Crippen molar-refractivity contribution in [3.05, 3.63) is 28.5 Å². The summed E-state index contributed by atoms with van der Waals surface area (Å²) in [6.07, 6.45) is 0.180. The summed E-state index contributed by atoms with van der Waals surface area (Å²) in [5.74, 6) is 0.242. The Morgan fingerprint density at radius 1 is 1.30 bits per heavy atom. The zero-order valence-electron chi connectivity index (χ0n) is 11.6. The molecule has 0 aliphatic rings. The van der Waals surface area contributed by atoms with E-state index in [1.807, 2.05) is 25.3 Å². The van der Waals surface area contributed by atoms with E-state index < -0.39 is 0 Å². The number of hydrogen-bond acceptors (Lipinski definition) is 7. The molecule has 2 rings (SSSR count). The van der Waals surface area contributed by atoms with Gasteiger partial charge in [-0.3, -0.25) is 4.79 Å². The third-order valence-electron chi connectivity index (χ3n) is 2.38. The van der Waals surface area contributed by atoms with E-state index in [1.165, 1.54) is 11.3 Å². The summed E-state index contributed by atoms with van der Waals surface area (Å²) < 4.78 is 4.89. The topological polar surface area (TPSA) is 77.0 Å². The minimum Gasteiger partial charge on any atom is -0.466 e. The maximum Gasteiger partial charge on any atom is 0.311 e. The Labute approximate surface area is 121 Å². The van der Waals surface area contributed by atoms with Gasteiger partial charge in [-0.1, -0.05) is 0 Å². The van der Waals surface area contributed by atoms with E-state index in [2.05, 4.69) is 20.3 Å². The second-order valence-electron chi connectivity index (χ2n) is 4.23. The number of hydrogen-bond donors (Lipinski definition) is 1. The Morgan fingerprint density at radius 3 is 2.65 bits per heavy atom. The normalized spacial score (nSPS) is 10.3. The maximum absolute atomic E-state index is 11.4. The highest BCUT2D eigenvalue weighted by molar-refractivity contribution is 7.13.